The third-order valence-corrected chi connectivity index (χ3v) is 3.69. The van der Waals surface area contributed by atoms with E-state index in [1.807, 2.05) is 19.1 Å². The van der Waals surface area contributed by atoms with Crippen LogP contribution < -0.4 is 5.32 Å². The molecule has 0 saturated carbocycles. The van der Waals surface area contributed by atoms with E-state index < -0.39 is 0 Å². The van der Waals surface area contributed by atoms with Crippen LogP contribution in [0.2, 0.25) is 0 Å². The Morgan fingerprint density at radius 2 is 1.86 bits per heavy atom. The van der Waals surface area contributed by atoms with Gasteiger partial charge in [-0.25, -0.2) is 0 Å². The van der Waals surface area contributed by atoms with Gasteiger partial charge in [0.25, 0.3) is 5.91 Å². The summed E-state index contributed by atoms with van der Waals surface area (Å²) in [5.74, 6) is -0.0179. The summed E-state index contributed by atoms with van der Waals surface area (Å²) in [5.41, 5.74) is 1.56. The van der Waals surface area contributed by atoms with Crippen LogP contribution in [0.1, 0.15) is 23.0 Å². The number of amides is 2. The molecule has 0 bridgehead atoms. The van der Waals surface area contributed by atoms with Crippen molar-refractivity contribution in [2.24, 2.45) is 0 Å². The number of hydrogen-bond donors (Lipinski definition) is 1. The largest absolute Gasteiger partial charge is 0.444 e. The number of likely N-dealkylation sites (N-methyl/N-ethyl adjacent to an activating group) is 1. The molecule has 5 nitrogen and oxygen atoms in total. The molecular weight excluding hydrogens is 348 g/mol. The SMILES string of the molecule is CCN(C)C(=O)Cc1ccc(NC(=O)c2ccc(Br)o2)cc1. The second-order valence-corrected chi connectivity index (χ2v) is 5.62. The molecule has 2 amide bonds. The van der Waals surface area contributed by atoms with Crippen molar-refractivity contribution in [3.63, 3.8) is 0 Å². The Morgan fingerprint density at radius 1 is 1.18 bits per heavy atom. The molecule has 0 aliphatic heterocycles. The first kappa shape index (κ1) is 16.3. The number of rotatable bonds is 5. The summed E-state index contributed by atoms with van der Waals surface area (Å²) in [4.78, 5) is 25.4. The highest BCUT2D eigenvalue weighted by Crippen LogP contribution is 2.16. The van der Waals surface area contributed by atoms with Gasteiger partial charge in [-0.05, 0) is 52.7 Å². The van der Waals surface area contributed by atoms with Crippen LogP contribution in [0.15, 0.2) is 45.5 Å². The molecular formula is C16H17BrN2O3. The molecule has 2 rings (SSSR count). The van der Waals surface area contributed by atoms with Crippen LogP contribution in [0.25, 0.3) is 0 Å². The summed E-state index contributed by atoms with van der Waals surface area (Å²) in [6.07, 6.45) is 0.351. The average Bonchev–Trinajstić information content (AvgIpc) is 2.95. The number of hydrogen-bond acceptors (Lipinski definition) is 3. The van der Waals surface area contributed by atoms with Gasteiger partial charge in [-0.3, -0.25) is 9.59 Å². The second-order valence-electron chi connectivity index (χ2n) is 4.84. The molecule has 0 aliphatic rings. The highest BCUT2D eigenvalue weighted by Gasteiger charge is 2.11. The summed E-state index contributed by atoms with van der Waals surface area (Å²) >= 11 is 3.15. The van der Waals surface area contributed by atoms with Crippen LogP contribution in [-0.4, -0.2) is 30.3 Å². The van der Waals surface area contributed by atoms with Gasteiger partial charge in [-0.15, -0.1) is 0 Å². The summed E-state index contributed by atoms with van der Waals surface area (Å²) in [7, 11) is 1.78. The molecule has 6 heteroatoms. The first-order valence-electron chi connectivity index (χ1n) is 6.89. The number of anilines is 1. The van der Waals surface area contributed by atoms with E-state index >= 15 is 0 Å². The maximum absolute atomic E-state index is 11.9. The van der Waals surface area contributed by atoms with E-state index in [1.54, 1.807) is 36.2 Å². The summed E-state index contributed by atoms with van der Waals surface area (Å²) in [6.45, 7) is 2.62. The van der Waals surface area contributed by atoms with Crippen LogP contribution in [0.4, 0.5) is 5.69 Å². The monoisotopic (exact) mass is 364 g/mol. The van der Waals surface area contributed by atoms with Crippen molar-refractivity contribution in [2.45, 2.75) is 13.3 Å². The quantitative estimate of drug-likeness (QED) is 0.884. The third-order valence-electron chi connectivity index (χ3n) is 3.26. The first-order valence-corrected chi connectivity index (χ1v) is 7.68. The van der Waals surface area contributed by atoms with E-state index in [1.165, 1.54) is 0 Å². The van der Waals surface area contributed by atoms with Gasteiger partial charge in [0.05, 0.1) is 6.42 Å². The minimum absolute atomic E-state index is 0.0692. The fourth-order valence-electron chi connectivity index (χ4n) is 1.82. The lowest BCUT2D eigenvalue weighted by molar-refractivity contribution is -0.128. The number of nitrogens with zero attached hydrogens (tertiary/aromatic N) is 1. The molecule has 0 spiro atoms. The van der Waals surface area contributed by atoms with Crippen LogP contribution in [-0.2, 0) is 11.2 Å². The van der Waals surface area contributed by atoms with E-state index in [0.717, 1.165) is 5.56 Å². The van der Waals surface area contributed by atoms with Crippen LogP contribution >= 0.6 is 15.9 Å². The van der Waals surface area contributed by atoms with E-state index in [2.05, 4.69) is 21.2 Å². The Hall–Kier alpha value is -2.08. The molecule has 22 heavy (non-hydrogen) atoms. The number of carbonyl (C=O) groups is 2. The first-order chi connectivity index (χ1) is 10.5. The molecule has 116 valence electrons. The maximum Gasteiger partial charge on any atom is 0.291 e. The number of carbonyl (C=O) groups excluding carboxylic acids is 2. The van der Waals surface area contributed by atoms with Crippen LogP contribution in [0.5, 0.6) is 0 Å². The average molecular weight is 365 g/mol. The van der Waals surface area contributed by atoms with Crippen molar-refractivity contribution in [2.75, 3.05) is 18.9 Å². The Bertz CT molecular complexity index is 664. The van der Waals surface area contributed by atoms with Crippen LogP contribution in [0.3, 0.4) is 0 Å². The standard InChI is InChI=1S/C16H17BrN2O3/c1-3-19(2)15(20)10-11-4-6-12(7-5-11)18-16(21)13-8-9-14(17)22-13/h4-9H,3,10H2,1-2H3,(H,18,21). The van der Waals surface area contributed by atoms with Gasteiger partial charge >= 0.3 is 0 Å². The molecule has 1 N–H and O–H groups in total. The number of nitrogens with one attached hydrogen (secondary N) is 1. The lowest BCUT2D eigenvalue weighted by Crippen LogP contribution is -2.27. The summed E-state index contributed by atoms with van der Waals surface area (Å²) in [6, 6.07) is 10.4. The lowest BCUT2D eigenvalue weighted by atomic mass is 10.1. The van der Waals surface area contributed by atoms with Crippen molar-refractivity contribution in [3.8, 4) is 0 Å². The lowest BCUT2D eigenvalue weighted by Gasteiger charge is -2.14. The van der Waals surface area contributed by atoms with Crippen molar-refractivity contribution in [1.82, 2.24) is 4.90 Å². The number of halogens is 1. The smallest absolute Gasteiger partial charge is 0.291 e. The van der Waals surface area contributed by atoms with Crippen molar-refractivity contribution < 1.29 is 14.0 Å². The van der Waals surface area contributed by atoms with Gasteiger partial charge in [0.15, 0.2) is 10.4 Å². The Balaban J connectivity index is 1.97. The van der Waals surface area contributed by atoms with Gasteiger partial charge in [0.2, 0.25) is 5.91 Å². The van der Waals surface area contributed by atoms with Gasteiger partial charge in [0.1, 0.15) is 0 Å². The molecule has 1 heterocycles. The molecule has 1 aromatic heterocycles. The molecule has 0 aliphatic carbocycles. The van der Waals surface area contributed by atoms with E-state index in [-0.39, 0.29) is 17.6 Å². The number of furan rings is 1. The fraction of sp³-hybridized carbons (Fsp3) is 0.250. The molecule has 2 aromatic rings. The maximum atomic E-state index is 11.9. The van der Waals surface area contributed by atoms with Gasteiger partial charge in [-0.1, -0.05) is 12.1 Å². The zero-order chi connectivity index (χ0) is 16.1. The second kappa shape index (κ2) is 7.26. The van der Waals surface area contributed by atoms with Gasteiger partial charge in [-0.2, -0.15) is 0 Å². The zero-order valence-electron chi connectivity index (χ0n) is 12.4. The molecule has 0 atom stereocenters. The Morgan fingerprint density at radius 3 is 2.41 bits per heavy atom. The van der Waals surface area contributed by atoms with Gasteiger partial charge in [0, 0.05) is 19.3 Å². The molecule has 0 radical (unpaired) electrons. The normalized spacial score (nSPS) is 10.3. The van der Waals surface area contributed by atoms with Crippen LogP contribution in [0, 0.1) is 0 Å². The van der Waals surface area contributed by atoms with E-state index in [9.17, 15) is 9.59 Å². The van der Waals surface area contributed by atoms with Crippen molar-refractivity contribution >= 4 is 33.4 Å². The topological polar surface area (TPSA) is 62.6 Å². The molecule has 0 saturated heterocycles. The molecule has 1 aromatic carbocycles. The number of benzene rings is 1. The summed E-state index contributed by atoms with van der Waals surface area (Å²) < 4.78 is 5.69. The Labute approximate surface area is 137 Å². The highest BCUT2D eigenvalue weighted by atomic mass is 79.9. The van der Waals surface area contributed by atoms with Gasteiger partial charge < -0.3 is 14.6 Å². The van der Waals surface area contributed by atoms with E-state index in [0.29, 0.717) is 23.3 Å². The third kappa shape index (κ3) is 4.21. The zero-order valence-corrected chi connectivity index (χ0v) is 14.0. The molecule has 0 fully saturated rings. The minimum atomic E-state index is -0.319. The van der Waals surface area contributed by atoms with Crippen molar-refractivity contribution in [3.05, 3.63) is 52.4 Å². The predicted octanol–water partition coefficient (Wildman–Crippen LogP) is 3.32. The minimum Gasteiger partial charge on any atom is -0.444 e. The highest BCUT2D eigenvalue weighted by molar-refractivity contribution is 9.10. The Kier molecular flexibility index (Phi) is 5.38. The molecule has 0 unspecified atom stereocenters. The van der Waals surface area contributed by atoms with E-state index in [4.69, 9.17) is 4.42 Å². The summed E-state index contributed by atoms with van der Waals surface area (Å²) in [5, 5.41) is 2.74. The predicted molar refractivity (Wildman–Crippen MR) is 87.8 cm³/mol. The van der Waals surface area contributed by atoms with Crippen molar-refractivity contribution in [1.29, 1.82) is 0 Å². The fourth-order valence-corrected chi connectivity index (χ4v) is 2.13.